The van der Waals surface area contributed by atoms with Gasteiger partial charge in [0.25, 0.3) is 0 Å². The minimum atomic E-state index is 0.0864. The third kappa shape index (κ3) is 5.24. The maximum Gasteiger partial charge on any atom is 0.225 e. The highest BCUT2D eigenvalue weighted by molar-refractivity contribution is 7.98. The number of benzene rings is 1. The van der Waals surface area contributed by atoms with Gasteiger partial charge in [0.05, 0.1) is 0 Å². The van der Waals surface area contributed by atoms with Gasteiger partial charge in [-0.15, -0.1) is 0 Å². The second-order valence-electron chi connectivity index (χ2n) is 3.73. The first-order valence-electron chi connectivity index (χ1n) is 5.85. The zero-order valence-corrected chi connectivity index (χ0v) is 11.3. The summed E-state index contributed by atoms with van der Waals surface area (Å²) >= 11 is 1.69. The van der Waals surface area contributed by atoms with E-state index in [-0.39, 0.29) is 5.91 Å². The molecule has 0 radical (unpaired) electrons. The Balaban J connectivity index is 2.59. The summed E-state index contributed by atoms with van der Waals surface area (Å²) in [7, 11) is 0. The molecule has 94 valence electrons. The Morgan fingerprint density at radius 3 is 2.82 bits per heavy atom. The molecule has 1 aromatic carbocycles. The minimum absolute atomic E-state index is 0.0864. The molecule has 0 aromatic heterocycles. The van der Waals surface area contributed by atoms with Crippen molar-refractivity contribution in [2.75, 3.05) is 23.9 Å². The van der Waals surface area contributed by atoms with Crippen molar-refractivity contribution in [3.05, 3.63) is 29.8 Å². The topological polar surface area (TPSA) is 41.1 Å². The number of nitrogens with one attached hydrogen (secondary N) is 2. The van der Waals surface area contributed by atoms with Crippen molar-refractivity contribution in [2.24, 2.45) is 0 Å². The van der Waals surface area contributed by atoms with E-state index in [1.807, 2.05) is 30.5 Å². The standard InChI is InChI=1S/C13H20N2OS/c1-3-14-10-11-6-4-5-7-12(11)15-13(16)8-9-17-2/h4-7,14H,3,8-10H2,1-2H3,(H,15,16). The maximum atomic E-state index is 11.7. The summed E-state index contributed by atoms with van der Waals surface area (Å²) in [6.07, 6.45) is 2.57. The van der Waals surface area contributed by atoms with Gasteiger partial charge in [0, 0.05) is 24.4 Å². The zero-order chi connectivity index (χ0) is 12.5. The summed E-state index contributed by atoms with van der Waals surface area (Å²) in [5.41, 5.74) is 2.05. The van der Waals surface area contributed by atoms with Gasteiger partial charge in [0.1, 0.15) is 0 Å². The second-order valence-corrected chi connectivity index (χ2v) is 4.71. The Morgan fingerprint density at radius 2 is 2.12 bits per heavy atom. The fourth-order valence-electron chi connectivity index (χ4n) is 1.46. The Morgan fingerprint density at radius 1 is 1.35 bits per heavy atom. The van der Waals surface area contributed by atoms with Crippen LogP contribution in [0, 0.1) is 0 Å². The predicted octanol–water partition coefficient (Wildman–Crippen LogP) is 2.49. The summed E-state index contributed by atoms with van der Waals surface area (Å²) < 4.78 is 0. The van der Waals surface area contributed by atoms with Gasteiger partial charge in [-0.1, -0.05) is 25.1 Å². The summed E-state index contributed by atoms with van der Waals surface area (Å²) in [5, 5.41) is 6.23. The first-order valence-corrected chi connectivity index (χ1v) is 7.24. The molecule has 0 spiro atoms. The Hall–Kier alpha value is -1.000. The number of rotatable bonds is 7. The van der Waals surface area contributed by atoms with Gasteiger partial charge in [0.2, 0.25) is 5.91 Å². The van der Waals surface area contributed by atoms with Crippen molar-refractivity contribution in [3.8, 4) is 0 Å². The molecule has 4 heteroatoms. The van der Waals surface area contributed by atoms with Crippen LogP contribution in [0.3, 0.4) is 0 Å². The summed E-state index contributed by atoms with van der Waals surface area (Å²) in [6, 6.07) is 7.92. The number of hydrogen-bond donors (Lipinski definition) is 2. The number of carbonyl (C=O) groups excluding carboxylic acids is 1. The quantitative estimate of drug-likeness (QED) is 0.783. The summed E-state index contributed by atoms with van der Waals surface area (Å²) in [5.74, 6) is 0.949. The fraction of sp³-hybridized carbons (Fsp3) is 0.462. The number of para-hydroxylation sites is 1. The molecule has 1 amide bonds. The molecule has 3 nitrogen and oxygen atoms in total. The molecular weight excluding hydrogens is 232 g/mol. The van der Waals surface area contributed by atoms with Crippen molar-refractivity contribution in [1.82, 2.24) is 5.32 Å². The molecule has 0 saturated carbocycles. The normalized spacial score (nSPS) is 10.2. The van der Waals surface area contributed by atoms with E-state index in [2.05, 4.69) is 17.6 Å². The average molecular weight is 252 g/mol. The smallest absolute Gasteiger partial charge is 0.225 e. The minimum Gasteiger partial charge on any atom is -0.326 e. The van der Waals surface area contributed by atoms with Gasteiger partial charge >= 0.3 is 0 Å². The lowest BCUT2D eigenvalue weighted by Gasteiger charge is -2.11. The lowest BCUT2D eigenvalue weighted by Crippen LogP contribution is -2.17. The molecule has 0 fully saturated rings. The van der Waals surface area contributed by atoms with E-state index in [9.17, 15) is 4.79 Å². The molecule has 0 saturated heterocycles. The van der Waals surface area contributed by atoms with E-state index < -0.39 is 0 Å². The number of hydrogen-bond acceptors (Lipinski definition) is 3. The molecule has 1 aromatic rings. The van der Waals surface area contributed by atoms with Crippen LogP contribution in [-0.4, -0.2) is 24.5 Å². The molecule has 0 heterocycles. The Labute approximate surface area is 107 Å². The lowest BCUT2D eigenvalue weighted by molar-refractivity contribution is -0.115. The third-order valence-electron chi connectivity index (χ3n) is 2.39. The van der Waals surface area contributed by atoms with Crippen LogP contribution in [0.4, 0.5) is 5.69 Å². The van der Waals surface area contributed by atoms with Crippen LogP contribution in [-0.2, 0) is 11.3 Å². The highest BCUT2D eigenvalue weighted by Crippen LogP contribution is 2.15. The van der Waals surface area contributed by atoms with Gasteiger partial charge in [-0.2, -0.15) is 11.8 Å². The zero-order valence-electron chi connectivity index (χ0n) is 10.5. The molecule has 17 heavy (non-hydrogen) atoms. The maximum absolute atomic E-state index is 11.7. The van der Waals surface area contributed by atoms with Crippen molar-refractivity contribution in [3.63, 3.8) is 0 Å². The molecule has 2 N–H and O–H groups in total. The molecule has 0 bridgehead atoms. The highest BCUT2D eigenvalue weighted by Gasteiger charge is 2.05. The first kappa shape index (κ1) is 14.1. The monoisotopic (exact) mass is 252 g/mol. The van der Waals surface area contributed by atoms with E-state index >= 15 is 0 Å². The number of amides is 1. The number of anilines is 1. The molecule has 0 unspecified atom stereocenters. The summed E-state index contributed by atoms with van der Waals surface area (Å²) in [4.78, 5) is 11.7. The van der Waals surface area contributed by atoms with Gasteiger partial charge < -0.3 is 10.6 Å². The number of thioether (sulfide) groups is 1. The van der Waals surface area contributed by atoms with Gasteiger partial charge in [0.15, 0.2) is 0 Å². The van der Waals surface area contributed by atoms with Gasteiger partial charge in [-0.05, 0) is 24.4 Å². The second kappa shape index (κ2) is 8.14. The van der Waals surface area contributed by atoms with E-state index in [1.54, 1.807) is 11.8 Å². The van der Waals surface area contributed by atoms with E-state index in [0.717, 1.165) is 30.1 Å². The lowest BCUT2D eigenvalue weighted by atomic mass is 10.1. The Bertz CT molecular complexity index is 355. The molecule has 0 aliphatic rings. The first-order chi connectivity index (χ1) is 8.27. The van der Waals surface area contributed by atoms with Crippen LogP contribution in [0.2, 0.25) is 0 Å². The molecular formula is C13H20N2OS. The van der Waals surface area contributed by atoms with Crippen LogP contribution >= 0.6 is 11.8 Å². The van der Waals surface area contributed by atoms with Crippen LogP contribution < -0.4 is 10.6 Å². The van der Waals surface area contributed by atoms with Crippen molar-refractivity contribution in [2.45, 2.75) is 19.9 Å². The molecule has 1 rings (SSSR count). The van der Waals surface area contributed by atoms with Crippen molar-refractivity contribution in [1.29, 1.82) is 0 Å². The molecule has 0 aliphatic carbocycles. The van der Waals surface area contributed by atoms with Gasteiger partial charge in [-0.3, -0.25) is 4.79 Å². The SMILES string of the molecule is CCNCc1ccccc1NC(=O)CCSC. The third-order valence-corrected chi connectivity index (χ3v) is 3.00. The average Bonchev–Trinajstić information content (AvgIpc) is 2.35. The molecule has 0 aliphatic heterocycles. The van der Waals surface area contributed by atoms with Crippen LogP contribution in [0.5, 0.6) is 0 Å². The van der Waals surface area contributed by atoms with Crippen LogP contribution in [0.1, 0.15) is 18.9 Å². The Kier molecular flexibility index (Phi) is 6.74. The fourth-order valence-corrected chi connectivity index (χ4v) is 1.85. The van der Waals surface area contributed by atoms with Crippen molar-refractivity contribution < 1.29 is 4.79 Å². The largest absolute Gasteiger partial charge is 0.326 e. The highest BCUT2D eigenvalue weighted by atomic mass is 32.2. The number of carbonyl (C=O) groups is 1. The van der Waals surface area contributed by atoms with Crippen molar-refractivity contribution >= 4 is 23.4 Å². The molecule has 0 atom stereocenters. The van der Waals surface area contributed by atoms with E-state index in [1.165, 1.54) is 0 Å². The summed E-state index contributed by atoms with van der Waals surface area (Å²) in [6.45, 7) is 3.78. The van der Waals surface area contributed by atoms with E-state index in [4.69, 9.17) is 0 Å². The predicted molar refractivity (Wildman–Crippen MR) is 75.5 cm³/mol. The van der Waals surface area contributed by atoms with E-state index in [0.29, 0.717) is 6.42 Å². The van der Waals surface area contributed by atoms with Crippen LogP contribution in [0.15, 0.2) is 24.3 Å². The van der Waals surface area contributed by atoms with Gasteiger partial charge in [-0.25, -0.2) is 0 Å². The van der Waals surface area contributed by atoms with Crippen LogP contribution in [0.25, 0.3) is 0 Å².